The molecule has 0 fully saturated rings. The largest absolute Gasteiger partial charge is 0.462 e. The van der Waals surface area contributed by atoms with Crippen molar-refractivity contribution in [1.82, 2.24) is 5.32 Å². The zero-order valence-electron chi connectivity index (χ0n) is 43.4. The van der Waals surface area contributed by atoms with Gasteiger partial charge in [0.2, 0.25) is 5.91 Å². The number of unbranched alkanes of at least 4 members (excludes halogenated alkanes) is 39. The average Bonchev–Trinajstić information content (AvgIpc) is 3.29. The van der Waals surface area contributed by atoms with Crippen LogP contribution in [0.25, 0.3) is 0 Å². The Hall–Kier alpha value is -1.40. The fourth-order valence-corrected chi connectivity index (χ4v) is 9.19. The normalized spacial score (nSPS) is 13.1. The summed E-state index contributed by atoms with van der Waals surface area (Å²) in [6.45, 7) is 6.52. The summed E-state index contributed by atoms with van der Waals surface area (Å²) in [7, 11) is 0. The maximum Gasteiger partial charge on any atom is 0.306 e. The summed E-state index contributed by atoms with van der Waals surface area (Å²) in [6.07, 6.45) is 59.9. The molecule has 6 heteroatoms. The molecule has 3 unspecified atom stereocenters. The molecule has 64 heavy (non-hydrogen) atoms. The molecule has 6 nitrogen and oxygen atoms in total. The number of hydrogen-bond acceptors (Lipinski definition) is 5. The molecule has 0 aliphatic rings. The van der Waals surface area contributed by atoms with E-state index in [0.29, 0.717) is 19.3 Å². The van der Waals surface area contributed by atoms with E-state index in [4.69, 9.17) is 4.74 Å². The summed E-state index contributed by atoms with van der Waals surface area (Å²) in [6, 6.07) is -0.701. The molecule has 0 radical (unpaired) electrons. The number of allylic oxidation sites excluding steroid dienone is 2. The molecular formula is C58H113NO5. The standard InChI is InChI=1S/C58H113NO5/c1-4-7-10-13-16-19-22-25-28-29-30-32-35-38-41-44-47-50-56(61)55(53-60)59-57(62)52-54(49-46-43-40-37-34-31-26-23-20-17-14-11-8-5-2)64-58(63)51-48-45-42-39-36-33-27-24-21-18-15-12-9-6-3/h31,34,54-56,60-61H,4-30,32-33,35-53H2,1-3H3,(H,59,62)/b34-31+. The number of amides is 1. The number of carbonyl (C=O) groups is 2. The lowest BCUT2D eigenvalue weighted by Crippen LogP contribution is -2.46. The smallest absolute Gasteiger partial charge is 0.306 e. The number of aliphatic hydroxyl groups is 2. The average molecular weight is 905 g/mol. The molecule has 0 rings (SSSR count). The molecule has 3 atom stereocenters. The van der Waals surface area contributed by atoms with Gasteiger partial charge in [0.25, 0.3) is 0 Å². The highest BCUT2D eigenvalue weighted by Gasteiger charge is 2.24. The number of aliphatic hydroxyl groups excluding tert-OH is 2. The van der Waals surface area contributed by atoms with Crippen LogP contribution in [0.5, 0.6) is 0 Å². The van der Waals surface area contributed by atoms with Crippen molar-refractivity contribution < 1.29 is 24.5 Å². The highest BCUT2D eigenvalue weighted by molar-refractivity contribution is 5.77. The molecule has 0 heterocycles. The van der Waals surface area contributed by atoms with Crippen LogP contribution in [-0.2, 0) is 14.3 Å². The molecular weight excluding hydrogens is 791 g/mol. The van der Waals surface area contributed by atoms with Crippen molar-refractivity contribution in [3.05, 3.63) is 12.2 Å². The predicted molar refractivity (Wildman–Crippen MR) is 278 cm³/mol. The van der Waals surface area contributed by atoms with Gasteiger partial charge in [0.15, 0.2) is 0 Å². The number of ether oxygens (including phenoxy) is 1. The van der Waals surface area contributed by atoms with Crippen LogP contribution in [0.2, 0.25) is 0 Å². The second-order valence-corrected chi connectivity index (χ2v) is 20.1. The van der Waals surface area contributed by atoms with Crippen molar-refractivity contribution >= 4 is 11.9 Å². The fraction of sp³-hybridized carbons (Fsp3) is 0.931. The van der Waals surface area contributed by atoms with Crippen LogP contribution >= 0.6 is 0 Å². The van der Waals surface area contributed by atoms with Crippen LogP contribution in [0.15, 0.2) is 12.2 Å². The first-order chi connectivity index (χ1) is 31.5. The van der Waals surface area contributed by atoms with Crippen LogP contribution in [0.4, 0.5) is 0 Å². The summed E-state index contributed by atoms with van der Waals surface area (Å²) in [5, 5.41) is 23.9. The predicted octanol–water partition coefficient (Wildman–Crippen LogP) is 17.7. The van der Waals surface area contributed by atoms with E-state index in [0.717, 1.165) is 57.8 Å². The van der Waals surface area contributed by atoms with Crippen molar-refractivity contribution in [2.75, 3.05) is 6.61 Å². The SMILES string of the molecule is CCCCCCCCC/C=C/CCCCCC(CC(=O)NC(CO)C(O)CCCCCCCCCCCCCCCCCCC)OC(=O)CCCCCCCCCCCCCCCC. The molecule has 0 spiro atoms. The highest BCUT2D eigenvalue weighted by Crippen LogP contribution is 2.19. The van der Waals surface area contributed by atoms with Crippen LogP contribution in [0.3, 0.4) is 0 Å². The lowest BCUT2D eigenvalue weighted by atomic mass is 10.0. The van der Waals surface area contributed by atoms with Crippen LogP contribution in [0.1, 0.15) is 323 Å². The zero-order valence-corrected chi connectivity index (χ0v) is 43.4. The van der Waals surface area contributed by atoms with E-state index in [1.807, 2.05) is 0 Å². The first-order valence-corrected chi connectivity index (χ1v) is 28.9. The number of rotatable bonds is 53. The number of nitrogens with one attached hydrogen (secondary N) is 1. The molecule has 0 aromatic carbocycles. The van der Waals surface area contributed by atoms with Gasteiger partial charge < -0.3 is 20.3 Å². The molecule has 1 amide bonds. The molecule has 0 aliphatic heterocycles. The lowest BCUT2D eigenvalue weighted by molar-refractivity contribution is -0.151. The van der Waals surface area contributed by atoms with Crippen molar-refractivity contribution in [3.63, 3.8) is 0 Å². The van der Waals surface area contributed by atoms with Gasteiger partial charge in [0.1, 0.15) is 6.10 Å². The van der Waals surface area contributed by atoms with E-state index in [1.165, 1.54) is 218 Å². The molecule has 0 saturated carbocycles. The van der Waals surface area contributed by atoms with E-state index in [-0.39, 0.29) is 24.9 Å². The lowest BCUT2D eigenvalue weighted by Gasteiger charge is -2.24. The highest BCUT2D eigenvalue weighted by atomic mass is 16.5. The minimum Gasteiger partial charge on any atom is -0.462 e. The number of esters is 1. The Morgan fingerprint density at radius 2 is 0.750 bits per heavy atom. The van der Waals surface area contributed by atoms with E-state index in [1.54, 1.807) is 0 Å². The fourth-order valence-electron chi connectivity index (χ4n) is 9.19. The van der Waals surface area contributed by atoms with Crippen molar-refractivity contribution in [3.8, 4) is 0 Å². The van der Waals surface area contributed by atoms with Crippen molar-refractivity contribution in [2.45, 2.75) is 341 Å². The Kier molecular flexibility index (Phi) is 51.4. The summed E-state index contributed by atoms with van der Waals surface area (Å²) >= 11 is 0. The van der Waals surface area contributed by atoms with Gasteiger partial charge in [-0.2, -0.15) is 0 Å². The quantitative estimate of drug-likeness (QED) is 0.0321. The Morgan fingerprint density at radius 3 is 1.12 bits per heavy atom. The van der Waals surface area contributed by atoms with E-state index in [9.17, 15) is 19.8 Å². The third-order valence-corrected chi connectivity index (χ3v) is 13.6. The van der Waals surface area contributed by atoms with Crippen LogP contribution in [0, 0.1) is 0 Å². The van der Waals surface area contributed by atoms with Gasteiger partial charge in [-0.05, 0) is 51.4 Å². The second-order valence-electron chi connectivity index (χ2n) is 20.1. The van der Waals surface area contributed by atoms with Gasteiger partial charge in [-0.3, -0.25) is 9.59 Å². The van der Waals surface area contributed by atoms with Gasteiger partial charge in [-0.1, -0.05) is 270 Å². The molecule has 0 bridgehead atoms. The Bertz CT molecular complexity index is 970. The van der Waals surface area contributed by atoms with Gasteiger partial charge in [0.05, 0.1) is 25.2 Å². The summed E-state index contributed by atoms with van der Waals surface area (Å²) in [5.74, 6) is -0.467. The molecule has 0 saturated heterocycles. The maximum absolute atomic E-state index is 13.3. The van der Waals surface area contributed by atoms with Gasteiger partial charge in [0, 0.05) is 6.42 Å². The summed E-state index contributed by atoms with van der Waals surface area (Å²) in [4.78, 5) is 26.2. The topological polar surface area (TPSA) is 95.9 Å². The van der Waals surface area contributed by atoms with E-state index >= 15 is 0 Å². The molecule has 3 N–H and O–H groups in total. The van der Waals surface area contributed by atoms with Gasteiger partial charge >= 0.3 is 5.97 Å². The van der Waals surface area contributed by atoms with Gasteiger partial charge in [-0.25, -0.2) is 0 Å². The monoisotopic (exact) mass is 904 g/mol. The summed E-state index contributed by atoms with van der Waals surface area (Å²) < 4.78 is 5.95. The Morgan fingerprint density at radius 1 is 0.438 bits per heavy atom. The zero-order chi connectivity index (χ0) is 46.7. The third kappa shape index (κ3) is 47.1. The molecule has 380 valence electrons. The summed E-state index contributed by atoms with van der Waals surface area (Å²) in [5.41, 5.74) is 0. The van der Waals surface area contributed by atoms with Crippen LogP contribution in [-0.4, -0.2) is 46.9 Å². The van der Waals surface area contributed by atoms with Crippen LogP contribution < -0.4 is 5.32 Å². The molecule has 0 aromatic rings. The minimum atomic E-state index is -0.787. The van der Waals surface area contributed by atoms with Crippen molar-refractivity contribution in [2.24, 2.45) is 0 Å². The number of hydrogen-bond donors (Lipinski definition) is 3. The Balaban J connectivity index is 4.49. The number of carbonyl (C=O) groups excluding carboxylic acids is 2. The minimum absolute atomic E-state index is 0.0746. The van der Waals surface area contributed by atoms with E-state index in [2.05, 4.69) is 38.2 Å². The first-order valence-electron chi connectivity index (χ1n) is 28.9. The second kappa shape index (κ2) is 52.6. The first kappa shape index (κ1) is 62.6. The van der Waals surface area contributed by atoms with Gasteiger partial charge in [-0.15, -0.1) is 0 Å². The Labute approximate surface area is 399 Å². The molecule has 0 aliphatic carbocycles. The van der Waals surface area contributed by atoms with E-state index < -0.39 is 18.2 Å². The third-order valence-electron chi connectivity index (χ3n) is 13.6. The maximum atomic E-state index is 13.3. The molecule has 0 aromatic heterocycles. The van der Waals surface area contributed by atoms with Crippen molar-refractivity contribution in [1.29, 1.82) is 0 Å².